The van der Waals surface area contributed by atoms with Crippen LogP contribution in [-0.4, -0.2) is 86.9 Å². The summed E-state index contributed by atoms with van der Waals surface area (Å²) >= 11 is 0. The third-order valence-corrected chi connectivity index (χ3v) is 10.7. The van der Waals surface area contributed by atoms with E-state index in [1.807, 2.05) is 62.1 Å². The molecule has 4 saturated heterocycles. The molecule has 0 unspecified atom stereocenters. The van der Waals surface area contributed by atoms with Crippen LogP contribution in [0.25, 0.3) is 32.9 Å². The molecular formula is C39H43FN6O3. The summed E-state index contributed by atoms with van der Waals surface area (Å²) < 4.78 is 29.3. The number of fused-ring (bicyclic) bond motifs is 5. The minimum atomic E-state index is -0.578. The number of nitrogens with zero attached hydrogens (tertiary/aromatic N) is 6. The summed E-state index contributed by atoms with van der Waals surface area (Å²) in [6.45, 7) is 11.2. The van der Waals surface area contributed by atoms with Crippen molar-refractivity contribution in [2.24, 2.45) is 0 Å². The number of anilines is 1. The number of rotatable bonds is 5. The lowest BCUT2D eigenvalue weighted by molar-refractivity contribution is 0.0122. The number of amides is 1. The number of hydrogen-bond acceptors (Lipinski definition) is 8. The topological polar surface area (TPSA) is 83.9 Å². The largest absolute Gasteiger partial charge is 0.461 e. The van der Waals surface area contributed by atoms with E-state index in [4.69, 9.17) is 24.4 Å². The average Bonchev–Trinajstić information content (AvgIpc) is 3.74. The van der Waals surface area contributed by atoms with Crippen molar-refractivity contribution in [3.05, 3.63) is 54.0 Å². The molecule has 254 valence electrons. The first-order valence-corrected chi connectivity index (χ1v) is 17.6. The lowest BCUT2D eigenvalue weighted by atomic mass is 9.95. The van der Waals surface area contributed by atoms with Gasteiger partial charge in [0.25, 0.3) is 0 Å². The third-order valence-electron chi connectivity index (χ3n) is 10.7. The van der Waals surface area contributed by atoms with Gasteiger partial charge < -0.3 is 14.4 Å². The van der Waals surface area contributed by atoms with Gasteiger partial charge in [0.15, 0.2) is 5.82 Å². The van der Waals surface area contributed by atoms with E-state index in [-0.39, 0.29) is 40.9 Å². The second-order valence-corrected chi connectivity index (χ2v) is 15.0. The zero-order chi connectivity index (χ0) is 33.9. The van der Waals surface area contributed by atoms with Crippen LogP contribution in [0.15, 0.2) is 42.6 Å². The Balaban J connectivity index is 1.21. The summed E-state index contributed by atoms with van der Waals surface area (Å²) in [5.41, 5.74) is 1.28. The van der Waals surface area contributed by atoms with Gasteiger partial charge in [-0.3, -0.25) is 14.8 Å². The van der Waals surface area contributed by atoms with Gasteiger partial charge in [-0.15, -0.1) is 5.92 Å². The molecule has 10 heteroatoms. The molecule has 4 aliphatic heterocycles. The molecule has 4 aromatic rings. The number of hydrogen-bond donors (Lipinski definition) is 0. The molecule has 0 N–H and O–H groups in total. The molecule has 0 radical (unpaired) electrons. The van der Waals surface area contributed by atoms with Gasteiger partial charge in [0.05, 0.1) is 23.0 Å². The molecular weight excluding hydrogens is 619 g/mol. The SMILES string of the molecule is CC#Cc1cccc2cccc(-c3ncc4c(N5C[C@H]6CC[C@@H](C5)N6C(=O)OC(C)(C)C)nc(OCC56CCCN5CCC6)nc4c3F)c12. The Labute approximate surface area is 286 Å². The van der Waals surface area contributed by atoms with Crippen LogP contribution in [0.4, 0.5) is 15.0 Å². The number of ether oxygens (including phenoxy) is 2. The third kappa shape index (κ3) is 5.62. The highest BCUT2D eigenvalue weighted by Crippen LogP contribution is 2.41. The number of carbonyl (C=O) groups excluding carboxylic acids is 1. The Hall–Kier alpha value is -4.49. The molecule has 9 nitrogen and oxygen atoms in total. The van der Waals surface area contributed by atoms with Crippen LogP contribution < -0.4 is 9.64 Å². The summed E-state index contributed by atoms with van der Waals surface area (Å²) in [5, 5.41) is 2.34. The minimum Gasteiger partial charge on any atom is -0.461 e. The van der Waals surface area contributed by atoms with Crippen LogP contribution in [0.1, 0.15) is 71.8 Å². The smallest absolute Gasteiger partial charge is 0.410 e. The first-order chi connectivity index (χ1) is 23.6. The lowest BCUT2D eigenvalue weighted by Gasteiger charge is -2.42. The Morgan fingerprint density at radius 3 is 2.45 bits per heavy atom. The fraction of sp³-hybridized carbons (Fsp3) is 0.487. The zero-order valence-electron chi connectivity index (χ0n) is 28.8. The van der Waals surface area contributed by atoms with Crippen molar-refractivity contribution in [1.82, 2.24) is 24.8 Å². The van der Waals surface area contributed by atoms with Gasteiger partial charge in [-0.1, -0.05) is 36.3 Å². The highest BCUT2D eigenvalue weighted by atomic mass is 19.1. The molecule has 6 heterocycles. The number of aromatic nitrogens is 3. The van der Waals surface area contributed by atoms with E-state index in [9.17, 15) is 4.79 Å². The van der Waals surface area contributed by atoms with Crippen LogP contribution >= 0.6 is 0 Å². The van der Waals surface area contributed by atoms with E-state index < -0.39 is 11.4 Å². The first-order valence-electron chi connectivity index (χ1n) is 17.6. The minimum absolute atomic E-state index is 0.0156. The fourth-order valence-electron chi connectivity index (χ4n) is 8.64. The van der Waals surface area contributed by atoms with Crippen molar-refractivity contribution in [2.75, 3.05) is 37.7 Å². The summed E-state index contributed by atoms with van der Waals surface area (Å²) in [7, 11) is 0. The highest BCUT2D eigenvalue weighted by Gasteiger charge is 2.46. The molecule has 49 heavy (non-hydrogen) atoms. The zero-order valence-corrected chi connectivity index (χ0v) is 28.8. The molecule has 2 aromatic heterocycles. The monoisotopic (exact) mass is 662 g/mol. The Morgan fingerprint density at radius 1 is 1.04 bits per heavy atom. The number of halogens is 1. The molecule has 2 atom stereocenters. The predicted molar refractivity (Wildman–Crippen MR) is 188 cm³/mol. The molecule has 2 aromatic carbocycles. The maximum Gasteiger partial charge on any atom is 0.410 e. The second kappa shape index (κ2) is 12.1. The van der Waals surface area contributed by atoms with Crippen molar-refractivity contribution in [3.63, 3.8) is 0 Å². The van der Waals surface area contributed by atoms with Crippen LogP contribution in [0.2, 0.25) is 0 Å². The van der Waals surface area contributed by atoms with Crippen molar-refractivity contribution >= 4 is 33.6 Å². The van der Waals surface area contributed by atoms with E-state index >= 15 is 4.39 Å². The van der Waals surface area contributed by atoms with Gasteiger partial charge in [0, 0.05) is 35.8 Å². The maximum absolute atomic E-state index is 17.0. The van der Waals surface area contributed by atoms with E-state index in [0.29, 0.717) is 36.5 Å². The van der Waals surface area contributed by atoms with Gasteiger partial charge in [-0.2, -0.15) is 9.97 Å². The average molecular weight is 663 g/mol. The van der Waals surface area contributed by atoms with Crippen LogP contribution in [0.5, 0.6) is 6.01 Å². The van der Waals surface area contributed by atoms with Gasteiger partial charge in [-0.25, -0.2) is 9.18 Å². The number of pyridine rings is 1. The molecule has 8 rings (SSSR count). The van der Waals surface area contributed by atoms with Gasteiger partial charge in [0.2, 0.25) is 0 Å². The highest BCUT2D eigenvalue weighted by molar-refractivity contribution is 6.02. The van der Waals surface area contributed by atoms with Crippen molar-refractivity contribution in [3.8, 4) is 29.1 Å². The first kappa shape index (κ1) is 31.8. The molecule has 1 amide bonds. The Bertz CT molecular complexity index is 1990. The van der Waals surface area contributed by atoms with Crippen molar-refractivity contribution < 1.29 is 18.7 Å². The molecule has 0 aliphatic carbocycles. The number of carbonyl (C=O) groups is 1. The quantitative estimate of drug-likeness (QED) is 0.213. The normalized spacial score (nSPS) is 21.6. The molecule has 2 bridgehead atoms. The van der Waals surface area contributed by atoms with Crippen molar-refractivity contribution in [2.45, 2.75) is 89.4 Å². The molecule has 4 aliphatic rings. The number of piperazine rings is 1. The summed E-state index contributed by atoms with van der Waals surface area (Å²) in [6, 6.07) is 11.8. The fourth-order valence-corrected chi connectivity index (χ4v) is 8.64. The van der Waals surface area contributed by atoms with Gasteiger partial charge in [-0.05, 0) is 90.8 Å². The number of benzene rings is 2. The van der Waals surface area contributed by atoms with E-state index in [1.165, 1.54) is 0 Å². The van der Waals surface area contributed by atoms with Crippen LogP contribution in [0, 0.1) is 17.7 Å². The van der Waals surface area contributed by atoms with Crippen LogP contribution in [-0.2, 0) is 4.74 Å². The van der Waals surface area contributed by atoms with Gasteiger partial charge >= 0.3 is 12.1 Å². The van der Waals surface area contributed by atoms with Crippen LogP contribution in [0.3, 0.4) is 0 Å². The summed E-state index contributed by atoms with van der Waals surface area (Å²) in [4.78, 5) is 34.3. The molecule has 4 fully saturated rings. The molecule has 0 saturated carbocycles. The van der Waals surface area contributed by atoms with Crippen molar-refractivity contribution in [1.29, 1.82) is 0 Å². The maximum atomic E-state index is 17.0. The Morgan fingerprint density at radius 2 is 1.76 bits per heavy atom. The molecule has 0 spiro atoms. The lowest BCUT2D eigenvalue weighted by Crippen LogP contribution is -2.57. The Kier molecular flexibility index (Phi) is 7.86. The van der Waals surface area contributed by atoms with Gasteiger partial charge in [0.1, 0.15) is 29.2 Å². The standard InChI is InChI=1S/C39H43FN6O3/c1-5-10-25-11-6-12-26-13-7-14-29(31(25)26)33-32(40)34-30(21-41-33)35(43-36(42-34)48-24-39-17-8-19-45(39)20-9-18-39)44-22-27-15-16-28(23-44)46(27)37(47)49-38(2,3)4/h6-7,11-14,21,27-28H,8-9,15-20,22-24H2,1-4H3/t27-,28+. The summed E-state index contributed by atoms with van der Waals surface area (Å²) in [6.07, 6.45) is 7.60. The van der Waals surface area contributed by atoms with E-state index in [1.54, 1.807) is 13.1 Å². The van der Waals surface area contributed by atoms with E-state index in [2.05, 4.69) is 21.6 Å². The second-order valence-electron chi connectivity index (χ2n) is 15.0. The predicted octanol–water partition coefficient (Wildman–Crippen LogP) is 6.95. The summed E-state index contributed by atoms with van der Waals surface area (Å²) in [5.74, 6) is 6.24. The van der Waals surface area contributed by atoms with E-state index in [0.717, 1.165) is 68.0 Å².